The molecule has 2 nitrogen and oxygen atoms in total. The lowest BCUT2D eigenvalue weighted by atomic mass is 10.2. The zero-order chi connectivity index (χ0) is 16.4. The third-order valence-corrected chi connectivity index (χ3v) is 7.02. The predicted molar refractivity (Wildman–Crippen MR) is 100 cm³/mol. The van der Waals surface area contributed by atoms with Gasteiger partial charge in [-0.3, -0.25) is 0 Å². The van der Waals surface area contributed by atoms with Crippen LogP contribution in [0, 0.1) is 0 Å². The molecule has 0 heterocycles. The van der Waals surface area contributed by atoms with Crippen molar-refractivity contribution < 1.29 is 8.85 Å². The maximum absolute atomic E-state index is 5.78. The van der Waals surface area contributed by atoms with Gasteiger partial charge >= 0.3 is 8.56 Å². The van der Waals surface area contributed by atoms with Crippen LogP contribution in [0.3, 0.4) is 0 Å². The van der Waals surface area contributed by atoms with Gasteiger partial charge in [0.25, 0.3) is 0 Å². The van der Waals surface area contributed by atoms with Crippen molar-refractivity contribution in [2.75, 3.05) is 14.2 Å². The van der Waals surface area contributed by atoms with Crippen LogP contribution in [0.15, 0.2) is 72.8 Å². The fraction of sp³-hybridized carbons (Fsp3) is 0.200. The van der Waals surface area contributed by atoms with E-state index in [0.29, 0.717) is 0 Å². The topological polar surface area (TPSA) is 18.5 Å². The van der Waals surface area contributed by atoms with E-state index in [9.17, 15) is 0 Å². The molecule has 0 N–H and O–H groups in total. The first kappa shape index (κ1) is 17.4. The molecule has 0 aliphatic heterocycles. The molecular weight excluding hydrogens is 300 g/mol. The predicted octanol–water partition coefficient (Wildman–Crippen LogP) is 5.15. The van der Waals surface area contributed by atoms with E-state index in [2.05, 4.69) is 48.6 Å². The maximum atomic E-state index is 5.78. The summed E-state index contributed by atoms with van der Waals surface area (Å²) in [6.45, 7) is 0. The first-order chi connectivity index (χ1) is 11.3. The Kier molecular flexibility index (Phi) is 7.00. The summed E-state index contributed by atoms with van der Waals surface area (Å²) in [5, 5.41) is 0. The summed E-state index contributed by atoms with van der Waals surface area (Å²) in [5.74, 6) is 0. The molecule has 0 bridgehead atoms. The van der Waals surface area contributed by atoms with Gasteiger partial charge in [0.1, 0.15) is 0 Å². The van der Waals surface area contributed by atoms with Crippen molar-refractivity contribution in [3.63, 3.8) is 0 Å². The summed E-state index contributed by atoms with van der Waals surface area (Å²) in [6.07, 6.45) is 8.57. The van der Waals surface area contributed by atoms with E-state index in [1.54, 1.807) is 14.2 Å². The normalized spacial score (nSPS) is 12.3. The van der Waals surface area contributed by atoms with Crippen LogP contribution in [0.1, 0.15) is 11.1 Å². The number of hydrogen-bond donors (Lipinski definition) is 0. The molecule has 23 heavy (non-hydrogen) atoms. The van der Waals surface area contributed by atoms with Gasteiger partial charge in [-0.2, -0.15) is 0 Å². The van der Waals surface area contributed by atoms with E-state index < -0.39 is 8.56 Å². The third-order valence-electron chi connectivity index (χ3n) is 3.82. The molecular formula is C20H24O2Si. The zero-order valence-corrected chi connectivity index (χ0v) is 14.8. The number of rotatable bonds is 8. The molecule has 0 saturated heterocycles. The Morgan fingerprint density at radius 1 is 0.696 bits per heavy atom. The van der Waals surface area contributed by atoms with Crippen molar-refractivity contribution in [3.8, 4) is 0 Å². The van der Waals surface area contributed by atoms with Crippen molar-refractivity contribution in [3.05, 3.63) is 83.9 Å². The van der Waals surface area contributed by atoms with E-state index in [1.807, 2.05) is 36.4 Å². The fourth-order valence-corrected chi connectivity index (χ4v) is 4.33. The van der Waals surface area contributed by atoms with Crippen LogP contribution in [0.4, 0.5) is 0 Å². The average Bonchev–Trinajstić information content (AvgIpc) is 2.62. The standard InChI is InChI=1S/C20H24O2Si/c1-21-23(22-2,17-9-15-19-11-5-3-6-12-19)18-10-16-20-13-7-4-8-14-20/h3-16H,17-18H2,1-2H3. The second-order valence-electron chi connectivity index (χ2n) is 5.35. The highest BCUT2D eigenvalue weighted by molar-refractivity contribution is 6.68. The minimum Gasteiger partial charge on any atom is -0.397 e. The Balaban J connectivity index is 1.98. The Labute approximate surface area is 140 Å². The third kappa shape index (κ3) is 5.64. The first-order valence-corrected chi connectivity index (χ1v) is 10.0. The molecule has 0 fully saturated rings. The molecule has 0 radical (unpaired) electrons. The summed E-state index contributed by atoms with van der Waals surface area (Å²) in [6, 6.07) is 22.2. The summed E-state index contributed by atoms with van der Waals surface area (Å²) < 4.78 is 11.6. The molecule has 0 amide bonds. The van der Waals surface area contributed by atoms with Crippen LogP contribution in [0.5, 0.6) is 0 Å². The highest BCUT2D eigenvalue weighted by Crippen LogP contribution is 2.20. The molecule has 0 saturated carbocycles. The van der Waals surface area contributed by atoms with Gasteiger partial charge in [-0.1, -0.05) is 85.0 Å². The van der Waals surface area contributed by atoms with Crippen LogP contribution < -0.4 is 0 Å². The van der Waals surface area contributed by atoms with E-state index in [0.717, 1.165) is 12.1 Å². The summed E-state index contributed by atoms with van der Waals surface area (Å²) >= 11 is 0. The van der Waals surface area contributed by atoms with Crippen molar-refractivity contribution in [2.24, 2.45) is 0 Å². The quantitative estimate of drug-likeness (QED) is 0.625. The molecule has 120 valence electrons. The molecule has 0 spiro atoms. The summed E-state index contributed by atoms with van der Waals surface area (Å²) in [4.78, 5) is 0. The summed E-state index contributed by atoms with van der Waals surface area (Å²) in [5.41, 5.74) is 2.39. The van der Waals surface area contributed by atoms with Crippen molar-refractivity contribution in [1.29, 1.82) is 0 Å². The SMILES string of the molecule is CO[Si](CC=Cc1ccccc1)(CC=Cc1ccccc1)OC. The Morgan fingerprint density at radius 2 is 1.09 bits per heavy atom. The zero-order valence-electron chi connectivity index (χ0n) is 13.8. The molecule has 0 aliphatic rings. The highest BCUT2D eigenvalue weighted by atomic mass is 28.4. The van der Waals surface area contributed by atoms with Crippen LogP contribution in [0.25, 0.3) is 12.2 Å². The largest absolute Gasteiger partial charge is 0.397 e. The highest BCUT2D eigenvalue weighted by Gasteiger charge is 2.32. The van der Waals surface area contributed by atoms with Gasteiger partial charge in [-0.25, -0.2) is 0 Å². The number of hydrogen-bond acceptors (Lipinski definition) is 2. The van der Waals surface area contributed by atoms with Gasteiger partial charge in [0, 0.05) is 26.3 Å². The first-order valence-electron chi connectivity index (χ1n) is 7.81. The second kappa shape index (κ2) is 9.25. The molecule has 2 rings (SSSR count). The van der Waals surface area contributed by atoms with E-state index in [-0.39, 0.29) is 0 Å². The molecule has 3 heteroatoms. The number of allylic oxidation sites excluding steroid dienone is 2. The molecule has 0 aromatic heterocycles. The lowest BCUT2D eigenvalue weighted by Crippen LogP contribution is -2.38. The molecule has 2 aromatic rings. The number of benzene rings is 2. The second-order valence-corrected chi connectivity index (χ2v) is 8.81. The van der Waals surface area contributed by atoms with Gasteiger partial charge in [-0.05, 0) is 11.1 Å². The van der Waals surface area contributed by atoms with Gasteiger partial charge in [-0.15, -0.1) is 0 Å². The van der Waals surface area contributed by atoms with Crippen LogP contribution in [-0.4, -0.2) is 22.8 Å². The average molecular weight is 324 g/mol. The molecule has 0 aliphatic carbocycles. The Morgan fingerprint density at radius 3 is 1.43 bits per heavy atom. The van der Waals surface area contributed by atoms with Gasteiger partial charge < -0.3 is 8.85 Å². The smallest absolute Gasteiger partial charge is 0.345 e. The molecule has 0 atom stereocenters. The lowest BCUT2D eigenvalue weighted by molar-refractivity contribution is 0.249. The van der Waals surface area contributed by atoms with Crippen molar-refractivity contribution >= 4 is 20.7 Å². The van der Waals surface area contributed by atoms with Crippen LogP contribution in [0.2, 0.25) is 12.1 Å². The van der Waals surface area contributed by atoms with Crippen LogP contribution >= 0.6 is 0 Å². The van der Waals surface area contributed by atoms with E-state index >= 15 is 0 Å². The summed E-state index contributed by atoms with van der Waals surface area (Å²) in [7, 11) is 1.28. The van der Waals surface area contributed by atoms with E-state index in [1.165, 1.54) is 11.1 Å². The fourth-order valence-electron chi connectivity index (χ4n) is 2.38. The molecule has 0 unspecified atom stereocenters. The Hall–Kier alpha value is -1.94. The Bertz CT molecular complexity index is 563. The van der Waals surface area contributed by atoms with E-state index in [4.69, 9.17) is 8.85 Å². The monoisotopic (exact) mass is 324 g/mol. The van der Waals surface area contributed by atoms with Crippen LogP contribution in [-0.2, 0) is 8.85 Å². The minimum atomic E-state index is -2.22. The molecule has 2 aromatic carbocycles. The van der Waals surface area contributed by atoms with Gasteiger partial charge in [0.2, 0.25) is 0 Å². The van der Waals surface area contributed by atoms with Crippen molar-refractivity contribution in [2.45, 2.75) is 12.1 Å². The maximum Gasteiger partial charge on any atom is 0.345 e. The van der Waals surface area contributed by atoms with Gasteiger partial charge in [0.15, 0.2) is 0 Å². The van der Waals surface area contributed by atoms with Gasteiger partial charge in [0.05, 0.1) is 0 Å². The van der Waals surface area contributed by atoms with Crippen molar-refractivity contribution in [1.82, 2.24) is 0 Å². The lowest BCUT2D eigenvalue weighted by Gasteiger charge is -2.24. The minimum absolute atomic E-state index is 0.827.